The van der Waals surface area contributed by atoms with Gasteiger partial charge in [0.15, 0.2) is 17.3 Å². The van der Waals surface area contributed by atoms with E-state index < -0.39 is 34.5 Å². The minimum absolute atomic E-state index is 0.0268. The smallest absolute Gasteiger partial charge is 0.250 e. The Kier molecular flexibility index (Phi) is 16.6. The molecule has 2 saturated carbocycles. The van der Waals surface area contributed by atoms with Crippen molar-refractivity contribution >= 4 is 46.6 Å². The first-order valence-corrected chi connectivity index (χ1v) is 20.8. The van der Waals surface area contributed by atoms with Gasteiger partial charge in [0, 0.05) is 24.8 Å². The van der Waals surface area contributed by atoms with E-state index in [-0.39, 0.29) is 22.0 Å². The summed E-state index contributed by atoms with van der Waals surface area (Å²) in [4.78, 5) is 35.9. The Bertz CT molecular complexity index is 1010. The van der Waals surface area contributed by atoms with Crippen molar-refractivity contribution in [3.05, 3.63) is 35.5 Å². The molecule has 0 aromatic heterocycles. The standard InChI is InChI=1S/C34H60O7Si3/c1-9-11-13-30-15-17-31(18-16-30)32-14-12-19-33(38-20-10-2,42-39-27(6)21-24(3)35)34(32,43-40-28(7)22-25(4)36)44-41-29(8)23-26(5)37/h21-23,30-32H,9-20,42-44H2,1-8H3. The van der Waals surface area contributed by atoms with Crippen LogP contribution in [0.4, 0.5) is 0 Å². The predicted molar refractivity (Wildman–Crippen MR) is 186 cm³/mol. The molecule has 0 aromatic rings. The summed E-state index contributed by atoms with van der Waals surface area (Å²) in [5.74, 6) is 3.61. The first-order chi connectivity index (χ1) is 20.9. The van der Waals surface area contributed by atoms with Gasteiger partial charge in [-0.05, 0) is 91.4 Å². The largest absolute Gasteiger partial charge is 0.552 e. The molecule has 0 aliphatic heterocycles. The highest BCUT2D eigenvalue weighted by atomic mass is 28.3. The van der Waals surface area contributed by atoms with Gasteiger partial charge in [0.1, 0.15) is 0 Å². The van der Waals surface area contributed by atoms with Crippen LogP contribution in [0.1, 0.15) is 126 Å². The van der Waals surface area contributed by atoms with Crippen molar-refractivity contribution in [2.45, 2.75) is 136 Å². The fraction of sp³-hybridized carbons (Fsp3) is 0.735. The van der Waals surface area contributed by atoms with E-state index in [0.717, 1.165) is 31.6 Å². The van der Waals surface area contributed by atoms with E-state index in [0.29, 0.717) is 35.7 Å². The first-order valence-electron chi connectivity index (χ1n) is 17.0. The number of allylic oxidation sites excluding steroid dienone is 6. The van der Waals surface area contributed by atoms with Crippen LogP contribution in [0.3, 0.4) is 0 Å². The molecular weight excluding hydrogens is 605 g/mol. The normalized spacial score (nSPS) is 29.2. The molecule has 0 N–H and O–H groups in total. The summed E-state index contributed by atoms with van der Waals surface area (Å²) in [5, 5.41) is -0.512. The molecular formula is C34H60O7Si3. The van der Waals surface area contributed by atoms with Crippen molar-refractivity contribution in [1.29, 1.82) is 0 Å². The molecule has 2 aliphatic carbocycles. The van der Waals surface area contributed by atoms with Crippen molar-refractivity contribution in [3.63, 3.8) is 0 Å². The summed E-state index contributed by atoms with van der Waals surface area (Å²) in [6.07, 6.45) is 17.5. The van der Waals surface area contributed by atoms with Gasteiger partial charge < -0.3 is 18.0 Å². The Morgan fingerprint density at radius 1 is 0.705 bits per heavy atom. The number of hydrogen-bond acceptors (Lipinski definition) is 7. The highest BCUT2D eigenvalue weighted by Gasteiger charge is 2.63. The van der Waals surface area contributed by atoms with Crippen LogP contribution < -0.4 is 0 Å². The lowest BCUT2D eigenvalue weighted by Gasteiger charge is -2.58. The van der Waals surface area contributed by atoms with E-state index in [1.54, 1.807) is 39.0 Å². The molecule has 2 unspecified atom stereocenters. The number of unbranched alkanes of at least 4 members (excludes halogenated alkanes) is 1. The van der Waals surface area contributed by atoms with E-state index in [2.05, 4.69) is 13.8 Å². The van der Waals surface area contributed by atoms with Crippen LogP contribution >= 0.6 is 0 Å². The minimum atomic E-state index is -1.38. The monoisotopic (exact) mass is 664 g/mol. The average Bonchev–Trinajstić information content (AvgIpc) is 2.95. The van der Waals surface area contributed by atoms with Gasteiger partial charge in [-0.15, -0.1) is 0 Å². The van der Waals surface area contributed by atoms with Crippen LogP contribution in [0, 0.1) is 17.8 Å². The zero-order chi connectivity index (χ0) is 32.8. The van der Waals surface area contributed by atoms with Gasteiger partial charge in [-0.2, -0.15) is 0 Å². The molecule has 44 heavy (non-hydrogen) atoms. The molecule has 10 heteroatoms. The van der Waals surface area contributed by atoms with Crippen molar-refractivity contribution in [3.8, 4) is 0 Å². The van der Waals surface area contributed by atoms with Gasteiger partial charge in [0.2, 0.25) is 19.5 Å². The molecule has 0 aromatic carbocycles. The van der Waals surface area contributed by atoms with E-state index in [1.807, 2.05) is 20.8 Å². The van der Waals surface area contributed by atoms with Gasteiger partial charge >= 0.3 is 0 Å². The van der Waals surface area contributed by atoms with Crippen molar-refractivity contribution in [1.82, 2.24) is 0 Å². The molecule has 2 rings (SSSR count). The molecule has 250 valence electrons. The maximum Gasteiger partial charge on any atom is 0.250 e. The summed E-state index contributed by atoms with van der Waals surface area (Å²) in [6, 6.07) is 0. The van der Waals surface area contributed by atoms with E-state index >= 15 is 0 Å². The van der Waals surface area contributed by atoms with Crippen molar-refractivity contribution in [2.24, 2.45) is 17.8 Å². The molecule has 0 heterocycles. The maximum absolute atomic E-state index is 12.0. The van der Waals surface area contributed by atoms with E-state index in [1.165, 1.54) is 44.9 Å². The van der Waals surface area contributed by atoms with Crippen LogP contribution in [-0.2, 0) is 32.4 Å². The molecule has 0 saturated heterocycles. The van der Waals surface area contributed by atoms with Crippen LogP contribution in [0.5, 0.6) is 0 Å². The summed E-state index contributed by atoms with van der Waals surface area (Å²) in [5.41, 5.74) is 0. The molecule has 0 radical (unpaired) electrons. The fourth-order valence-electron chi connectivity index (χ4n) is 7.52. The lowest BCUT2D eigenvalue weighted by Crippen LogP contribution is -2.63. The van der Waals surface area contributed by atoms with E-state index in [4.69, 9.17) is 18.0 Å². The molecule has 2 aliphatic rings. The summed E-state index contributed by atoms with van der Waals surface area (Å²) < 4.78 is 26.7. The highest BCUT2D eigenvalue weighted by Crippen LogP contribution is 2.59. The summed E-state index contributed by atoms with van der Waals surface area (Å²) in [7, 11) is -4.13. The molecule has 0 amide bonds. The molecule has 2 fully saturated rings. The van der Waals surface area contributed by atoms with Crippen LogP contribution in [0.15, 0.2) is 35.5 Å². The zero-order valence-corrected chi connectivity index (χ0v) is 33.2. The highest BCUT2D eigenvalue weighted by molar-refractivity contribution is 6.60. The Hall–Kier alpha value is -1.76. The third-order valence-electron chi connectivity index (χ3n) is 9.59. The Morgan fingerprint density at radius 3 is 1.66 bits per heavy atom. The van der Waals surface area contributed by atoms with Crippen molar-refractivity contribution < 1.29 is 32.4 Å². The number of ether oxygens (including phenoxy) is 1. The second-order valence-corrected chi connectivity index (χ2v) is 19.8. The molecule has 7 nitrogen and oxygen atoms in total. The minimum Gasteiger partial charge on any atom is -0.552 e. The molecule has 0 bridgehead atoms. The molecule has 2 atom stereocenters. The van der Waals surface area contributed by atoms with Gasteiger partial charge in [-0.1, -0.05) is 52.4 Å². The number of rotatable bonds is 19. The van der Waals surface area contributed by atoms with Gasteiger partial charge in [0.25, 0.3) is 9.76 Å². The number of carbonyl (C=O) groups is 3. The second-order valence-electron chi connectivity index (χ2n) is 13.4. The Balaban J connectivity index is 2.67. The predicted octanol–water partition coefficient (Wildman–Crippen LogP) is 5.80. The number of carbonyl (C=O) groups excluding carboxylic acids is 3. The van der Waals surface area contributed by atoms with Crippen molar-refractivity contribution in [2.75, 3.05) is 6.61 Å². The van der Waals surface area contributed by atoms with Crippen LogP contribution in [0.25, 0.3) is 0 Å². The lowest BCUT2D eigenvalue weighted by molar-refractivity contribution is -0.113. The second kappa shape index (κ2) is 19.0. The fourth-order valence-corrected chi connectivity index (χ4v) is 15.1. The summed E-state index contributed by atoms with van der Waals surface area (Å²) >= 11 is 0. The Morgan fingerprint density at radius 2 is 1.20 bits per heavy atom. The maximum atomic E-state index is 12.0. The van der Waals surface area contributed by atoms with Gasteiger partial charge in [0.05, 0.1) is 27.2 Å². The summed E-state index contributed by atoms with van der Waals surface area (Å²) in [6.45, 7) is 15.3. The number of ketones is 3. The van der Waals surface area contributed by atoms with Gasteiger partial charge in [-0.25, -0.2) is 0 Å². The average molecular weight is 665 g/mol. The van der Waals surface area contributed by atoms with Gasteiger partial charge in [-0.3, -0.25) is 14.4 Å². The van der Waals surface area contributed by atoms with E-state index in [9.17, 15) is 14.4 Å². The Labute approximate surface area is 274 Å². The SMILES string of the molecule is CCCCC1CCC(C2CCCC(OCCC)([SiH2]OC(C)=CC(C)=O)C2([SiH2]OC(C)=CC(C)=O)[SiH2]OC(C)=CC(C)=O)CC1. The molecule has 0 spiro atoms. The van der Waals surface area contributed by atoms with Crippen LogP contribution in [-0.4, -0.2) is 58.5 Å². The first kappa shape index (κ1) is 38.4. The third kappa shape index (κ3) is 11.6. The van der Waals surface area contributed by atoms with Crippen LogP contribution in [0.2, 0.25) is 4.66 Å². The lowest BCUT2D eigenvalue weighted by atomic mass is 9.69. The topological polar surface area (TPSA) is 88.1 Å². The third-order valence-corrected chi connectivity index (χ3v) is 18.7. The zero-order valence-electron chi connectivity index (χ0n) is 28.9. The quantitative estimate of drug-likeness (QED) is 0.0980. The number of hydrogen-bond donors (Lipinski definition) is 0.